The maximum atomic E-state index is 12.2. The van der Waals surface area contributed by atoms with Crippen LogP contribution in [0.25, 0.3) is 0 Å². The molecule has 2 rings (SSSR count). The second kappa shape index (κ2) is 5.71. The largest absolute Gasteiger partial charge is 0.465 e. The highest BCUT2D eigenvalue weighted by molar-refractivity contribution is 7.12. The molecular formula is C13H18N2O3S. The van der Waals surface area contributed by atoms with Crippen LogP contribution in [0, 0.1) is 12.8 Å². The summed E-state index contributed by atoms with van der Waals surface area (Å²) in [5.41, 5.74) is 7.26. The van der Waals surface area contributed by atoms with E-state index in [9.17, 15) is 9.59 Å². The Morgan fingerprint density at radius 1 is 1.47 bits per heavy atom. The lowest BCUT2D eigenvalue weighted by molar-refractivity contribution is -0.119. The molecule has 1 aromatic rings. The predicted octanol–water partition coefficient (Wildman–Crippen LogP) is 1.91. The molecule has 5 nitrogen and oxygen atoms in total. The second-order valence-corrected chi connectivity index (χ2v) is 5.75. The fraction of sp³-hybridized carbons (Fsp3) is 0.538. The summed E-state index contributed by atoms with van der Waals surface area (Å²) in [4.78, 5) is 24.2. The maximum absolute atomic E-state index is 12.2. The number of hydrogen-bond acceptors (Lipinski definition) is 5. The number of aryl methyl sites for hydroxylation is 1. The third kappa shape index (κ3) is 2.96. The van der Waals surface area contributed by atoms with Crippen LogP contribution in [-0.2, 0) is 9.53 Å². The molecule has 0 saturated heterocycles. The zero-order chi connectivity index (χ0) is 14.0. The minimum absolute atomic E-state index is 0.0557. The van der Waals surface area contributed by atoms with E-state index in [1.165, 1.54) is 18.4 Å². The van der Waals surface area contributed by atoms with Gasteiger partial charge in [-0.1, -0.05) is 0 Å². The van der Waals surface area contributed by atoms with Crippen LogP contribution in [0.3, 0.4) is 0 Å². The fourth-order valence-electron chi connectivity index (χ4n) is 2.32. The molecule has 3 N–H and O–H groups in total. The Balaban J connectivity index is 2.12. The van der Waals surface area contributed by atoms with Crippen LogP contribution in [0.2, 0.25) is 0 Å². The summed E-state index contributed by atoms with van der Waals surface area (Å²) in [6.45, 7) is 1.86. The van der Waals surface area contributed by atoms with Gasteiger partial charge in [0.05, 0.1) is 12.8 Å². The molecule has 0 aliphatic heterocycles. The lowest BCUT2D eigenvalue weighted by Gasteiger charge is -2.12. The zero-order valence-corrected chi connectivity index (χ0v) is 11.9. The van der Waals surface area contributed by atoms with Crippen LogP contribution >= 0.6 is 11.3 Å². The number of carbonyl (C=O) groups excluding carboxylic acids is 2. The summed E-state index contributed by atoms with van der Waals surface area (Å²) in [5, 5.41) is 4.69. The van der Waals surface area contributed by atoms with E-state index in [2.05, 4.69) is 5.32 Å². The highest BCUT2D eigenvalue weighted by Gasteiger charge is 2.29. The number of nitrogens with two attached hydrogens (primary N) is 1. The Morgan fingerprint density at radius 2 is 2.21 bits per heavy atom. The smallest absolute Gasteiger partial charge is 0.350 e. The van der Waals surface area contributed by atoms with Crippen LogP contribution in [0.4, 0.5) is 5.69 Å². The number of nitrogens with one attached hydrogen (secondary N) is 1. The molecule has 1 aromatic heterocycles. The third-order valence-corrected chi connectivity index (χ3v) is 4.52. The summed E-state index contributed by atoms with van der Waals surface area (Å²) >= 11 is 1.28. The Kier molecular flexibility index (Phi) is 4.21. The molecule has 1 saturated carbocycles. The quantitative estimate of drug-likeness (QED) is 0.830. The van der Waals surface area contributed by atoms with E-state index in [4.69, 9.17) is 10.5 Å². The molecule has 19 heavy (non-hydrogen) atoms. The van der Waals surface area contributed by atoms with Crippen LogP contribution in [0.5, 0.6) is 0 Å². The molecule has 0 bridgehead atoms. The van der Waals surface area contributed by atoms with Gasteiger partial charge in [0, 0.05) is 12.0 Å². The molecule has 2 unspecified atom stereocenters. The molecule has 1 fully saturated rings. The number of methoxy groups -OCH3 is 1. The lowest BCUT2D eigenvalue weighted by Crippen LogP contribution is -2.24. The van der Waals surface area contributed by atoms with Crippen molar-refractivity contribution in [3.63, 3.8) is 0 Å². The van der Waals surface area contributed by atoms with Crippen LogP contribution in [0.1, 0.15) is 34.5 Å². The van der Waals surface area contributed by atoms with E-state index in [0.29, 0.717) is 17.0 Å². The van der Waals surface area contributed by atoms with Crippen molar-refractivity contribution in [3.8, 4) is 0 Å². The molecule has 1 aliphatic carbocycles. The SMILES string of the molecule is COC(=O)c1scc(C)c1NC(=O)C1CCC(N)C1. The number of carbonyl (C=O) groups is 2. The zero-order valence-electron chi connectivity index (χ0n) is 11.1. The van der Waals surface area contributed by atoms with E-state index < -0.39 is 5.97 Å². The average molecular weight is 282 g/mol. The highest BCUT2D eigenvalue weighted by Crippen LogP contribution is 2.31. The number of ether oxygens (including phenoxy) is 1. The van der Waals surface area contributed by atoms with E-state index in [0.717, 1.165) is 18.4 Å². The average Bonchev–Trinajstić information content (AvgIpc) is 2.96. The minimum atomic E-state index is -0.420. The highest BCUT2D eigenvalue weighted by atomic mass is 32.1. The van der Waals surface area contributed by atoms with Gasteiger partial charge in [0.15, 0.2) is 0 Å². The molecule has 0 spiro atoms. The number of anilines is 1. The van der Waals surface area contributed by atoms with Gasteiger partial charge in [0.25, 0.3) is 0 Å². The molecule has 6 heteroatoms. The molecular weight excluding hydrogens is 264 g/mol. The number of amides is 1. The van der Waals surface area contributed by atoms with Gasteiger partial charge in [0.2, 0.25) is 5.91 Å². The first-order valence-corrected chi connectivity index (χ1v) is 7.13. The summed E-state index contributed by atoms with van der Waals surface area (Å²) in [6.07, 6.45) is 2.40. The topological polar surface area (TPSA) is 81.4 Å². The van der Waals surface area contributed by atoms with Crippen molar-refractivity contribution in [2.24, 2.45) is 11.7 Å². The van der Waals surface area contributed by atoms with Gasteiger partial charge in [-0.3, -0.25) is 4.79 Å². The second-order valence-electron chi connectivity index (χ2n) is 4.87. The monoisotopic (exact) mass is 282 g/mol. The van der Waals surface area contributed by atoms with E-state index in [-0.39, 0.29) is 17.9 Å². The summed E-state index contributed by atoms with van der Waals surface area (Å²) < 4.78 is 4.71. The predicted molar refractivity (Wildman–Crippen MR) is 74.3 cm³/mol. The number of thiophene rings is 1. The number of hydrogen-bond donors (Lipinski definition) is 2. The van der Waals surface area contributed by atoms with Crippen LogP contribution < -0.4 is 11.1 Å². The third-order valence-electron chi connectivity index (χ3n) is 3.44. The Morgan fingerprint density at radius 3 is 2.79 bits per heavy atom. The molecule has 1 aliphatic rings. The van der Waals surface area contributed by atoms with Crippen molar-refractivity contribution >= 4 is 28.9 Å². The lowest BCUT2D eigenvalue weighted by atomic mass is 10.1. The van der Waals surface area contributed by atoms with Crippen molar-refractivity contribution in [2.75, 3.05) is 12.4 Å². The first-order valence-electron chi connectivity index (χ1n) is 6.25. The van der Waals surface area contributed by atoms with E-state index in [1.807, 2.05) is 12.3 Å². The van der Waals surface area contributed by atoms with Gasteiger partial charge in [-0.2, -0.15) is 0 Å². The van der Waals surface area contributed by atoms with Crippen molar-refractivity contribution in [1.29, 1.82) is 0 Å². The van der Waals surface area contributed by atoms with Crippen LogP contribution in [0.15, 0.2) is 5.38 Å². The van der Waals surface area contributed by atoms with Crippen molar-refractivity contribution in [3.05, 3.63) is 15.8 Å². The van der Waals surface area contributed by atoms with Gasteiger partial charge in [-0.05, 0) is 37.1 Å². The van der Waals surface area contributed by atoms with Gasteiger partial charge < -0.3 is 15.8 Å². The molecule has 1 heterocycles. The van der Waals surface area contributed by atoms with Crippen molar-refractivity contribution < 1.29 is 14.3 Å². The van der Waals surface area contributed by atoms with Gasteiger partial charge in [0.1, 0.15) is 4.88 Å². The molecule has 104 valence electrons. The first-order chi connectivity index (χ1) is 9.02. The van der Waals surface area contributed by atoms with E-state index >= 15 is 0 Å². The molecule has 0 aromatic carbocycles. The molecule has 2 atom stereocenters. The van der Waals surface area contributed by atoms with Gasteiger partial charge in [-0.15, -0.1) is 11.3 Å². The summed E-state index contributed by atoms with van der Waals surface area (Å²) in [7, 11) is 1.33. The summed E-state index contributed by atoms with van der Waals surface area (Å²) in [6, 6.07) is 0.111. The maximum Gasteiger partial charge on any atom is 0.350 e. The number of esters is 1. The first kappa shape index (κ1) is 14.0. The summed E-state index contributed by atoms with van der Waals surface area (Å²) in [5.74, 6) is -0.532. The van der Waals surface area contributed by atoms with E-state index in [1.54, 1.807) is 0 Å². The molecule has 1 amide bonds. The van der Waals surface area contributed by atoms with Crippen molar-refractivity contribution in [2.45, 2.75) is 32.2 Å². The standard InChI is InChI=1S/C13H18N2O3S/c1-7-6-19-11(13(17)18-2)10(7)15-12(16)8-3-4-9(14)5-8/h6,8-9H,3-5,14H2,1-2H3,(H,15,16). The normalized spacial score (nSPS) is 22.3. The Bertz CT molecular complexity index is 498. The number of rotatable bonds is 3. The molecule has 0 radical (unpaired) electrons. The van der Waals surface area contributed by atoms with Gasteiger partial charge >= 0.3 is 5.97 Å². The minimum Gasteiger partial charge on any atom is -0.465 e. The Hall–Kier alpha value is -1.40. The van der Waals surface area contributed by atoms with Crippen molar-refractivity contribution in [1.82, 2.24) is 0 Å². The van der Waals surface area contributed by atoms with Gasteiger partial charge in [-0.25, -0.2) is 4.79 Å². The fourth-order valence-corrected chi connectivity index (χ4v) is 3.24. The van der Waals surface area contributed by atoms with Crippen LogP contribution in [-0.4, -0.2) is 25.0 Å². The Labute approximate surface area is 116 Å².